The number of allylic oxidation sites excluding steroid dienone is 1. The quantitative estimate of drug-likeness (QED) is 0.493. The number of nitrogens with zero attached hydrogens (tertiary/aromatic N) is 2. The molecule has 2 N–H and O–H groups in total. The summed E-state index contributed by atoms with van der Waals surface area (Å²) >= 11 is 18.6. The van der Waals surface area contributed by atoms with E-state index < -0.39 is 17.9 Å². The van der Waals surface area contributed by atoms with Crippen molar-refractivity contribution in [1.82, 2.24) is 0 Å². The molecule has 3 rings (SSSR count). The van der Waals surface area contributed by atoms with E-state index in [1.54, 1.807) is 30.3 Å². The summed E-state index contributed by atoms with van der Waals surface area (Å²) in [7, 11) is 2.31. The second-order valence-electron chi connectivity index (χ2n) is 6.55. The Kier molecular flexibility index (Phi) is 6.99. The molecule has 0 aromatic heterocycles. The van der Waals surface area contributed by atoms with E-state index in [1.165, 1.54) is 12.1 Å². The fraction of sp³-hybridized carbons (Fsp3) is 0.136. The van der Waals surface area contributed by atoms with Crippen LogP contribution < -0.4 is 10.6 Å². The minimum absolute atomic E-state index is 0.00592. The Morgan fingerprint density at radius 1 is 1.00 bits per heavy atom. The lowest BCUT2D eigenvalue weighted by atomic mass is 9.81. The number of nitrogens with two attached hydrogens (primary N) is 1. The first-order valence-corrected chi connectivity index (χ1v) is 10.2. The summed E-state index contributed by atoms with van der Waals surface area (Å²) in [5, 5.41) is 10.4. The molecule has 0 amide bonds. The third-order valence-corrected chi connectivity index (χ3v) is 5.87. The predicted molar refractivity (Wildman–Crippen MR) is 121 cm³/mol. The van der Waals surface area contributed by atoms with Crippen molar-refractivity contribution in [2.75, 3.05) is 19.1 Å². The number of ether oxygens (including phenoxy) is 2. The molecule has 2 aromatic carbocycles. The number of methoxy groups -OCH3 is 2. The predicted octanol–water partition coefficient (Wildman–Crippen LogP) is 4.54. The van der Waals surface area contributed by atoms with Gasteiger partial charge in [0.15, 0.2) is 0 Å². The molecule has 7 nitrogen and oxygen atoms in total. The second kappa shape index (κ2) is 9.53. The van der Waals surface area contributed by atoms with Crippen LogP contribution in [0.2, 0.25) is 15.1 Å². The van der Waals surface area contributed by atoms with Crippen LogP contribution in [0.25, 0.3) is 0 Å². The van der Waals surface area contributed by atoms with Crippen LogP contribution in [0.15, 0.2) is 65.1 Å². The zero-order chi connectivity index (χ0) is 23.6. The topological polar surface area (TPSA) is 106 Å². The van der Waals surface area contributed by atoms with Crippen LogP contribution in [0, 0.1) is 11.3 Å². The Morgan fingerprint density at radius 2 is 1.59 bits per heavy atom. The fourth-order valence-electron chi connectivity index (χ4n) is 3.45. The normalized spacial score (nSPS) is 16.0. The number of halogens is 3. The van der Waals surface area contributed by atoms with Gasteiger partial charge < -0.3 is 15.2 Å². The van der Waals surface area contributed by atoms with E-state index >= 15 is 0 Å². The molecule has 164 valence electrons. The zero-order valence-corrected chi connectivity index (χ0v) is 19.1. The molecule has 0 bridgehead atoms. The summed E-state index contributed by atoms with van der Waals surface area (Å²) in [6, 6.07) is 13.4. The monoisotopic (exact) mass is 491 g/mol. The molecular formula is C22H16Cl3N3O4. The molecule has 0 saturated carbocycles. The summed E-state index contributed by atoms with van der Waals surface area (Å²) in [6.07, 6.45) is 0. The van der Waals surface area contributed by atoms with Crippen LogP contribution >= 0.6 is 34.8 Å². The molecule has 0 saturated heterocycles. The number of carbonyl (C=O) groups excluding carboxylic acids is 2. The maximum absolute atomic E-state index is 13.0. The first-order valence-electron chi connectivity index (χ1n) is 9.06. The van der Waals surface area contributed by atoms with E-state index in [0.717, 1.165) is 19.1 Å². The van der Waals surface area contributed by atoms with Crippen LogP contribution in [0.3, 0.4) is 0 Å². The highest BCUT2D eigenvalue weighted by molar-refractivity contribution is 6.44. The van der Waals surface area contributed by atoms with Gasteiger partial charge in [0.1, 0.15) is 11.5 Å². The minimum Gasteiger partial charge on any atom is -0.466 e. The summed E-state index contributed by atoms with van der Waals surface area (Å²) in [5.41, 5.74) is 6.67. The van der Waals surface area contributed by atoms with Gasteiger partial charge in [-0.25, -0.2) is 9.59 Å². The summed E-state index contributed by atoms with van der Waals surface area (Å²) in [4.78, 5) is 27.1. The van der Waals surface area contributed by atoms with E-state index in [1.807, 2.05) is 0 Å². The highest BCUT2D eigenvalue weighted by Crippen LogP contribution is 2.45. The van der Waals surface area contributed by atoms with E-state index in [9.17, 15) is 14.9 Å². The van der Waals surface area contributed by atoms with Crippen molar-refractivity contribution >= 4 is 52.4 Å². The molecule has 2 aromatic rings. The van der Waals surface area contributed by atoms with Gasteiger partial charge in [-0.3, -0.25) is 4.90 Å². The van der Waals surface area contributed by atoms with Crippen LogP contribution in [-0.2, 0) is 19.1 Å². The average Bonchev–Trinajstić information content (AvgIpc) is 2.80. The maximum atomic E-state index is 13.0. The Morgan fingerprint density at radius 3 is 2.16 bits per heavy atom. The molecule has 10 heteroatoms. The molecule has 1 atom stereocenters. The number of esters is 2. The van der Waals surface area contributed by atoms with Crippen LogP contribution in [-0.4, -0.2) is 26.2 Å². The number of hydrogen-bond donors (Lipinski definition) is 1. The second-order valence-corrected chi connectivity index (χ2v) is 7.77. The third kappa shape index (κ3) is 4.00. The van der Waals surface area contributed by atoms with Gasteiger partial charge in [-0.1, -0.05) is 65.1 Å². The number of rotatable bonds is 4. The first-order chi connectivity index (χ1) is 15.3. The Bertz CT molecular complexity index is 1200. The van der Waals surface area contributed by atoms with Crippen molar-refractivity contribution in [2.24, 2.45) is 5.73 Å². The number of anilines is 1. The van der Waals surface area contributed by atoms with Crippen molar-refractivity contribution in [2.45, 2.75) is 5.92 Å². The lowest BCUT2D eigenvalue weighted by Crippen LogP contribution is -2.40. The molecule has 0 spiro atoms. The van der Waals surface area contributed by atoms with Crippen LogP contribution in [0.5, 0.6) is 0 Å². The number of benzene rings is 2. The molecule has 0 aliphatic carbocycles. The molecular weight excluding hydrogens is 477 g/mol. The van der Waals surface area contributed by atoms with Crippen molar-refractivity contribution < 1.29 is 19.1 Å². The van der Waals surface area contributed by atoms with Gasteiger partial charge in [-0.15, -0.1) is 0 Å². The first kappa shape index (κ1) is 23.5. The maximum Gasteiger partial charge on any atom is 0.355 e. The van der Waals surface area contributed by atoms with E-state index in [4.69, 9.17) is 50.0 Å². The molecule has 1 aliphatic rings. The van der Waals surface area contributed by atoms with Crippen LogP contribution in [0.4, 0.5) is 5.69 Å². The third-order valence-electron chi connectivity index (χ3n) is 4.84. The van der Waals surface area contributed by atoms with Gasteiger partial charge in [0, 0.05) is 0 Å². The Balaban J connectivity index is 2.46. The summed E-state index contributed by atoms with van der Waals surface area (Å²) in [5.74, 6) is -2.86. The van der Waals surface area contributed by atoms with Gasteiger partial charge in [0.05, 0.1) is 58.1 Å². The standard InChI is InChI=1S/C22H16Cl3N3O4/c1-31-21(29)18-17(11-6-4-3-5-7-11)12(10-26)20(27)28(19(18)22(30)32-2)16-9-14(24)13(23)8-15(16)25/h3-9,17H,27H2,1-2H3. The largest absolute Gasteiger partial charge is 0.466 e. The van der Waals surface area contributed by atoms with Crippen molar-refractivity contribution in [3.05, 3.63) is 85.8 Å². The highest BCUT2D eigenvalue weighted by Gasteiger charge is 2.43. The number of hydrogen-bond acceptors (Lipinski definition) is 7. The SMILES string of the molecule is COC(=O)C1=C(C(=O)OC)N(c2cc(Cl)c(Cl)cc2Cl)C(N)=C(C#N)C1c1ccccc1. The lowest BCUT2D eigenvalue weighted by Gasteiger charge is -2.36. The van der Waals surface area contributed by atoms with Crippen molar-refractivity contribution in [3.63, 3.8) is 0 Å². The van der Waals surface area contributed by atoms with Crippen molar-refractivity contribution in [3.8, 4) is 6.07 Å². The van der Waals surface area contributed by atoms with Gasteiger partial charge in [-0.2, -0.15) is 5.26 Å². The van der Waals surface area contributed by atoms with E-state index in [2.05, 4.69) is 6.07 Å². The van der Waals surface area contributed by atoms with Gasteiger partial charge in [0.2, 0.25) is 0 Å². The molecule has 1 unspecified atom stereocenters. The highest BCUT2D eigenvalue weighted by atomic mass is 35.5. The Hall–Kier alpha value is -3.18. The summed E-state index contributed by atoms with van der Waals surface area (Å²) < 4.78 is 9.92. The fourth-order valence-corrected chi connectivity index (χ4v) is 4.07. The van der Waals surface area contributed by atoms with Crippen LogP contribution in [0.1, 0.15) is 11.5 Å². The molecule has 32 heavy (non-hydrogen) atoms. The molecule has 1 aliphatic heterocycles. The van der Waals surface area contributed by atoms with Crippen molar-refractivity contribution in [1.29, 1.82) is 5.26 Å². The number of nitriles is 1. The molecule has 0 fully saturated rings. The Labute approximate surface area is 199 Å². The van der Waals surface area contributed by atoms with E-state index in [0.29, 0.717) is 5.56 Å². The smallest absolute Gasteiger partial charge is 0.355 e. The number of carbonyl (C=O) groups is 2. The van der Waals surface area contributed by atoms with Gasteiger partial charge in [-0.05, 0) is 17.7 Å². The van der Waals surface area contributed by atoms with E-state index in [-0.39, 0.29) is 43.4 Å². The zero-order valence-electron chi connectivity index (χ0n) is 16.9. The van der Waals surface area contributed by atoms with Gasteiger partial charge >= 0.3 is 11.9 Å². The minimum atomic E-state index is -0.986. The lowest BCUT2D eigenvalue weighted by molar-refractivity contribution is -0.139. The molecule has 0 radical (unpaired) electrons. The average molecular weight is 493 g/mol. The van der Waals surface area contributed by atoms with Gasteiger partial charge in [0.25, 0.3) is 0 Å². The summed E-state index contributed by atoms with van der Waals surface area (Å²) in [6.45, 7) is 0. The molecule has 1 heterocycles.